The first-order chi connectivity index (χ1) is 17.9. The Morgan fingerprint density at radius 2 is 1.43 bits per heavy atom. The summed E-state index contributed by atoms with van der Waals surface area (Å²) in [5.41, 5.74) is 1.85. The van der Waals surface area contributed by atoms with Crippen LogP contribution in [0.25, 0.3) is 0 Å². The maximum Gasteiger partial charge on any atom is 0.253 e. The Bertz CT molecular complexity index is 1230. The Hall–Kier alpha value is -3.85. The molecule has 1 unspecified atom stereocenters. The standard InChI is InChI=1S/C28H32N2O6S/c1-18(37-20-11-13-24(34-3)26(17-20)36-5)27(31)30-22-9-7-6-8-21(22)28(32)29-15-14-19-10-12-23(33-2)25(16-19)35-4/h6-13,16-18H,14-15H2,1-5H3,(H,29,32)(H,30,31). The van der Waals surface area contributed by atoms with Crippen LogP contribution in [0.15, 0.2) is 65.6 Å². The molecule has 0 fully saturated rings. The van der Waals surface area contributed by atoms with Crippen molar-refractivity contribution in [2.45, 2.75) is 23.5 Å². The lowest BCUT2D eigenvalue weighted by Gasteiger charge is -2.16. The molecular formula is C28H32N2O6S. The van der Waals surface area contributed by atoms with Gasteiger partial charge in [-0.25, -0.2) is 0 Å². The van der Waals surface area contributed by atoms with Crippen molar-refractivity contribution in [3.8, 4) is 23.0 Å². The van der Waals surface area contributed by atoms with Crippen LogP contribution in [0, 0.1) is 0 Å². The molecule has 8 nitrogen and oxygen atoms in total. The molecule has 196 valence electrons. The average molecular weight is 525 g/mol. The van der Waals surface area contributed by atoms with E-state index in [0.717, 1.165) is 10.5 Å². The van der Waals surface area contributed by atoms with Crippen LogP contribution in [0.1, 0.15) is 22.8 Å². The first-order valence-electron chi connectivity index (χ1n) is 11.7. The van der Waals surface area contributed by atoms with Gasteiger partial charge in [0, 0.05) is 11.4 Å². The quantitative estimate of drug-likeness (QED) is 0.328. The largest absolute Gasteiger partial charge is 0.493 e. The third-order valence-corrected chi connectivity index (χ3v) is 6.71. The topological polar surface area (TPSA) is 95.1 Å². The molecule has 0 aliphatic carbocycles. The highest BCUT2D eigenvalue weighted by molar-refractivity contribution is 8.00. The Morgan fingerprint density at radius 3 is 2.11 bits per heavy atom. The van der Waals surface area contributed by atoms with E-state index in [9.17, 15) is 9.59 Å². The van der Waals surface area contributed by atoms with Gasteiger partial charge in [0.05, 0.1) is 44.9 Å². The zero-order valence-electron chi connectivity index (χ0n) is 21.6. The molecule has 0 heterocycles. The number of hydrogen-bond donors (Lipinski definition) is 2. The molecule has 1 atom stereocenters. The number of anilines is 1. The first kappa shape index (κ1) is 27.7. The second kappa shape index (κ2) is 13.5. The normalized spacial score (nSPS) is 11.3. The highest BCUT2D eigenvalue weighted by atomic mass is 32.2. The van der Waals surface area contributed by atoms with Gasteiger partial charge in [-0.3, -0.25) is 9.59 Å². The summed E-state index contributed by atoms with van der Waals surface area (Å²) in [5, 5.41) is 5.40. The lowest BCUT2D eigenvalue weighted by molar-refractivity contribution is -0.115. The molecule has 0 aromatic heterocycles. The summed E-state index contributed by atoms with van der Waals surface area (Å²) in [5.74, 6) is 2.02. The van der Waals surface area contributed by atoms with Gasteiger partial charge in [0.25, 0.3) is 5.91 Å². The summed E-state index contributed by atoms with van der Waals surface area (Å²) < 4.78 is 21.2. The van der Waals surface area contributed by atoms with Crippen LogP contribution < -0.4 is 29.6 Å². The number of nitrogens with one attached hydrogen (secondary N) is 2. The Balaban J connectivity index is 1.60. The first-order valence-corrected chi connectivity index (χ1v) is 12.6. The molecule has 2 N–H and O–H groups in total. The number of methoxy groups -OCH3 is 4. The summed E-state index contributed by atoms with van der Waals surface area (Å²) in [6.07, 6.45) is 0.611. The van der Waals surface area contributed by atoms with Crippen molar-refractivity contribution in [2.24, 2.45) is 0 Å². The third kappa shape index (κ3) is 7.33. The number of para-hydroxylation sites is 1. The average Bonchev–Trinajstić information content (AvgIpc) is 2.92. The molecule has 0 aliphatic heterocycles. The molecule has 0 radical (unpaired) electrons. The number of ether oxygens (including phenoxy) is 4. The van der Waals surface area contributed by atoms with E-state index in [4.69, 9.17) is 18.9 Å². The Kier molecular flexibility index (Phi) is 10.1. The van der Waals surface area contributed by atoms with Crippen molar-refractivity contribution >= 4 is 29.3 Å². The molecule has 3 aromatic rings. The molecular weight excluding hydrogens is 492 g/mol. The van der Waals surface area contributed by atoms with Crippen LogP contribution >= 0.6 is 11.8 Å². The molecule has 0 aliphatic rings. The fourth-order valence-corrected chi connectivity index (χ4v) is 4.52. The van der Waals surface area contributed by atoms with Crippen molar-refractivity contribution in [3.05, 3.63) is 71.8 Å². The van der Waals surface area contributed by atoms with Gasteiger partial charge in [-0.1, -0.05) is 18.2 Å². The van der Waals surface area contributed by atoms with Gasteiger partial charge in [-0.05, 0) is 61.4 Å². The van der Waals surface area contributed by atoms with Crippen LogP contribution in [-0.2, 0) is 11.2 Å². The lowest BCUT2D eigenvalue weighted by Crippen LogP contribution is -2.28. The predicted octanol–water partition coefficient (Wildman–Crippen LogP) is 4.81. The summed E-state index contributed by atoms with van der Waals surface area (Å²) in [6.45, 7) is 2.23. The molecule has 9 heteroatoms. The van der Waals surface area contributed by atoms with Gasteiger partial charge in [-0.15, -0.1) is 11.8 Å². The lowest BCUT2D eigenvalue weighted by atomic mass is 10.1. The van der Waals surface area contributed by atoms with E-state index < -0.39 is 5.25 Å². The van der Waals surface area contributed by atoms with Gasteiger partial charge < -0.3 is 29.6 Å². The Labute approximate surface area is 221 Å². The zero-order chi connectivity index (χ0) is 26.8. The minimum absolute atomic E-state index is 0.217. The molecule has 0 spiro atoms. The van der Waals surface area contributed by atoms with E-state index in [0.29, 0.717) is 47.2 Å². The van der Waals surface area contributed by atoms with Gasteiger partial charge in [0.15, 0.2) is 23.0 Å². The number of carbonyl (C=O) groups excluding carboxylic acids is 2. The van der Waals surface area contributed by atoms with E-state index in [1.165, 1.54) is 11.8 Å². The molecule has 0 saturated heterocycles. The summed E-state index contributed by atoms with van der Waals surface area (Å²) in [4.78, 5) is 26.7. The molecule has 2 amide bonds. The zero-order valence-corrected chi connectivity index (χ0v) is 22.4. The van der Waals surface area contributed by atoms with Crippen LogP contribution in [0.3, 0.4) is 0 Å². The van der Waals surface area contributed by atoms with Gasteiger partial charge in [0.2, 0.25) is 5.91 Å². The van der Waals surface area contributed by atoms with E-state index in [-0.39, 0.29) is 11.8 Å². The van der Waals surface area contributed by atoms with Gasteiger partial charge in [-0.2, -0.15) is 0 Å². The second-order valence-corrected chi connectivity index (χ2v) is 9.42. The van der Waals surface area contributed by atoms with E-state index in [1.54, 1.807) is 58.8 Å². The third-order valence-electron chi connectivity index (χ3n) is 5.61. The summed E-state index contributed by atoms with van der Waals surface area (Å²) >= 11 is 1.38. The van der Waals surface area contributed by atoms with Crippen LogP contribution in [0.2, 0.25) is 0 Å². The van der Waals surface area contributed by atoms with Crippen molar-refractivity contribution in [3.63, 3.8) is 0 Å². The van der Waals surface area contributed by atoms with Crippen LogP contribution in [-0.4, -0.2) is 52.0 Å². The monoisotopic (exact) mass is 524 g/mol. The number of amides is 2. The fourth-order valence-electron chi connectivity index (χ4n) is 3.62. The Morgan fingerprint density at radius 1 is 0.811 bits per heavy atom. The van der Waals surface area contributed by atoms with Crippen LogP contribution in [0.4, 0.5) is 5.69 Å². The number of hydrogen-bond acceptors (Lipinski definition) is 7. The molecule has 3 rings (SSSR count). The highest BCUT2D eigenvalue weighted by Gasteiger charge is 2.19. The number of carbonyl (C=O) groups is 2. The van der Waals surface area contributed by atoms with Crippen molar-refractivity contribution in [1.29, 1.82) is 0 Å². The predicted molar refractivity (Wildman–Crippen MR) is 146 cm³/mol. The molecule has 3 aromatic carbocycles. The SMILES string of the molecule is COc1ccc(CCNC(=O)c2ccccc2NC(=O)C(C)Sc2ccc(OC)c(OC)c2)cc1OC. The minimum Gasteiger partial charge on any atom is -0.493 e. The van der Waals surface area contributed by atoms with Crippen molar-refractivity contribution in [1.82, 2.24) is 5.32 Å². The maximum atomic E-state index is 12.9. The second-order valence-electron chi connectivity index (χ2n) is 8.01. The van der Waals surface area contributed by atoms with E-state index >= 15 is 0 Å². The summed E-state index contributed by atoms with van der Waals surface area (Å²) in [6, 6.07) is 18.1. The minimum atomic E-state index is -0.417. The highest BCUT2D eigenvalue weighted by Crippen LogP contribution is 2.34. The molecule has 0 saturated carbocycles. The molecule has 0 bridgehead atoms. The van der Waals surface area contributed by atoms with Crippen molar-refractivity contribution < 1.29 is 28.5 Å². The summed E-state index contributed by atoms with van der Waals surface area (Å²) in [7, 11) is 6.31. The van der Waals surface area contributed by atoms with Gasteiger partial charge in [0.1, 0.15) is 0 Å². The number of thioether (sulfide) groups is 1. The smallest absolute Gasteiger partial charge is 0.253 e. The van der Waals surface area contributed by atoms with Crippen molar-refractivity contribution in [2.75, 3.05) is 40.3 Å². The number of benzene rings is 3. The fraction of sp³-hybridized carbons (Fsp3) is 0.286. The maximum absolute atomic E-state index is 12.9. The van der Waals surface area contributed by atoms with E-state index in [2.05, 4.69) is 10.6 Å². The van der Waals surface area contributed by atoms with E-state index in [1.807, 2.05) is 37.3 Å². The van der Waals surface area contributed by atoms with Crippen LogP contribution in [0.5, 0.6) is 23.0 Å². The van der Waals surface area contributed by atoms with Gasteiger partial charge >= 0.3 is 0 Å². The number of rotatable bonds is 12. The molecule has 37 heavy (non-hydrogen) atoms.